The molecule has 0 atom stereocenters. The lowest BCUT2D eigenvalue weighted by molar-refractivity contribution is 0.107. The number of hydrogen-bond acceptors (Lipinski definition) is 2. The maximum Gasteiger partial charge on any atom is 0.127 e. The monoisotopic (exact) mass is 330 g/mol. The van der Waals surface area contributed by atoms with Gasteiger partial charge in [-0.15, -0.1) is 0 Å². The van der Waals surface area contributed by atoms with Crippen LogP contribution in [0.3, 0.4) is 0 Å². The second-order valence-electron chi connectivity index (χ2n) is 6.66. The van der Waals surface area contributed by atoms with E-state index in [1.54, 1.807) is 6.07 Å². The molecular weight excluding hydrogens is 306 g/mol. The zero-order chi connectivity index (χ0) is 16.9. The van der Waals surface area contributed by atoms with Crippen LogP contribution in [-0.4, -0.2) is 36.0 Å². The number of hydrogen-bond donors (Lipinski definition) is 0. The van der Waals surface area contributed by atoms with Crippen molar-refractivity contribution in [1.82, 2.24) is 9.80 Å². The highest BCUT2D eigenvalue weighted by atomic mass is 19.1. The Morgan fingerprint density at radius 2 is 1.62 bits per heavy atom. The minimum Gasteiger partial charge on any atom is -0.306 e. The van der Waals surface area contributed by atoms with Crippen molar-refractivity contribution in [2.75, 3.05) is 20.1 Å². The molecular formula is C20H24F2N2. The van der Waals surface area contributed by atoms with Crippen LogP contribution in [0.15, 0.2) is 48.5 Å². The van der Waals surface area contributed by atoms with E-state index in [-0.39, 0.29) is 11.6 Å². The fourth-order valence-corrected chi connectivity index (χ4v) is 3.34. The van der Waals surface area contributed by atoms with Gasteiger partial charge in [0.1, 0.15) is 11.6 Å². The van der Waals surface area contributed by atoms with E-state index in [0.29, 0.717) is 19.1 Å². The molecule has 0 N–H and O–H groups in total. The van der Waals surface area contributed by atoms with Gasteiger partial charge in [0.05, 0.1) is 0 Å². The Hall–Kier alpha value is -1.78. The van der Waals surface area contributed by atoms with Crippen LogP contribution < -0.4 is 0 Å². The van der Waals surface area contributed by atoms with E-state index in [0.717, 1.165) is 37.1 Å². The van der Waals surface area contributed by atoms with E-state index in [2.05, 4.69) is 16.8 Å². The number of rotatable bonds is 5. The average Bonchev–Trinajstić information content (AvgIpc) is 2.59. The number of likely N-dealkylation sites (tertiary alicyclic amines) is 1. The number of halogens is 2. The minimum absolute atomic E-state index is 0.158. The normalized spacial score (nSPS) is 16.7. The van der Waals surface area contributed by atoms with E-state index in [1.165, 1.54) is 18.2 Å². The van der Waals surface area contributed by atoms with Gasteiger partial charge in [0.25, 0.3) is 0 Å². The zero-order valence-electron chi connectivity index (χ0n) is 14.1. The Balaban J connectivity index is 1.77. The Morgan fingerprint density at radius 1 is 0.958 bits per heavy atom. The Labute approximate surface area is 142 Å². The van der Waals surface area contributed by atoms with E-state index in [1.807, 2.05) is 24.3 Å². The van der Waals surface area contributed by atoms with E-state index < -0.39 is 0 Å². The van der Waals surface area contributed by atoms with Crippen molar-refractivity contribution < 1.29 is 8.78 Å². The Morgan fingerprint density at radius 3 is 2.29 bits per heavy atom. The molecule has 24 heavy (non-hydrogen) atoms. The second-order valence-corrected chi connectivity index (χ2v) is 6.66. The summed E-state index contributed by atoms with van der Waals surface area (Å²) < 4.78 is 27.2. The summed E-state index contributed by atoms with van der Waals surface area (Å²) in [6, 6.07) is 14.0. The highest BCUT2D eigenvalue weighted by Gasteiger charge is 2.24. The summed E-state index contributed by atoms with van der Waals surface area (Å²) in [4.78, 5) is 4.66. The van der Waals surface area contributed by atoms with Crippen molar-refractivity contribution in [3.8, 4) is 0 Å². The fourth-order valence-electron chi connectivity index (χ4n) is 3.34. The molecule has 1 aliphatic rings. The molecule has 1 aliphatic heterocycles. The zero-order valence-corrected chi connectivity index (χ0v) is 14.1. The molecule has 0 bridgehead atoms. The predicted octanol–water partition coefficient (Wildman–Crippen LogP) is 4.06. The smallest absolute Gasteiger partial charge is 0.127 e. The number of piperidine rings is 1. The first kappa shape index (κ1) is 17.1. The molecule has 1 heterocycles. The largest absolute Gasteiger partial charge is 0.306 e. The summed E-state index contributed by atoms with van der Waals surface area (Å²) in [5.41, 5.74) is 1.78. The molecule has 0 unspecified atom stereocenters. The van der Waals surface area contributed by atoms with Crippen LogP contribution in [-0.2, 0) is 13.1 Å². The molecule has 0 aliphatic carbocycles. The van der Waals surface area contributed by atoms with Crippen molar-refractivity contribution in [2.24, 2.45) is 0 Å². The minimum atomic E-state index is -0.223. The van der Waals surface area contributed by atoms with E-state index in [9.17, 15) is 8.78 Å². The van der Waals surface area contributed by atoms with Crippen LogP contribution in [0.4, 0.5) is 8.78 Å². The van der Waals surface area contributed by atoms with Crippen molar-refractivity contribution in [2.45, 2.75) is 32.0 Å². The van der Waals surface area contributed by atoms with Gasteiger partial charge in [-0.1, -0.05) is 30.3 Å². The molecule has 2 aromatic carbocycles. The molecule has 0 saturated carbocycles. The molecule has 0 amide bonds. The van der Waals surface area contributed by atoms with E-state index in [4.69, 9.17) is 0 Å². The summed E-state index contributed by atoms with van der Waals surface area (Å²) in [6.45, 7) is 3.41. The Kier molecular flexibility index (Phi) is 5.59. The Bertz CT molecular complexity index is 649. The number of nitrogens with zero attached hydrogens (tertiary/aromatic N) is 2. The molecule has 128 valence electrons. The second kappa shape index (κ2) is 7.86. The first-order chi connectivity index (χ1) is 11.6. The van der Waals surface area contributed by atoms with Crippen LogP contribution in [0.25, 0.3) is 0 Å². The SMILES string of the molecule is CN1CCC(N(Cc2ccc(F)cc2)Cc2ccccc2F)CC1. The summed E-state index contributed by atoms with van der Waals surface area (Å²) in [7, 11) is 2.14. The van der Waals surface area contributed by atoms with Crippen LogP contribution in [0.1, 0.15) is 24.0 Å². The quantitative estimate of drug-likeness (QED) is 0.816. The lowest BCUT2D eigenvalue weighted by Crippen LogP contribution is -2.43. The fraction of sp³-hybridized carbons (Fsp3) is 0.400. The van der Waals surface area contributed by atoms with Crippen molar-refractivity contribution >= 4 is 0 Å². The third kappa shape index (κ3) is 4.40. The van der Waals surface area contributed by atoms with Gasteiger partial charge >= 0.3 is 0 Å². The third-order valence-corrected chi connectivity index (χ3v) is 4.83. The first-order valence-electron chi connectivity index (χ1n) is 8.52. The molecule has 3 rings (SSSR count). The summed E-state index contributed by atoms with van der Waals surface area (Å²) in [5.74, 6) is -0.381. The molecule has 2 nitrogen and oxygen atoms in total. The molecule has 2 aromatic rings. The highest BCUT2D eigenvalue weighted by molar-refractivity contribution is 5.19. The van der Waals surface area contributed by atoms with Gasteiger partial charge in [-0.2, -0.15) is 0 Å². The molecule has 0 spiro atoms. The summed E-state index contributed by atoms with van der Waals surface area (Å²) >= 11 is 0. The van der Waals surface area contributed by atoms with Gasteiger partial charge in [0.2, 0.25) is 0 Å². The molecule has 0 aromatic heterocycles. The van der Waals surface area contributed by atoms with Gasteiger partial charge in [-0.05, 0) is 56.7 Å². The average molecular weight is 330 g/mol. The van der Waals surface area contributed by atoms with Gasteiger partial charge in [0, 0.05) is 24.7 Å². The lowest BCUT2D eigenvalue weighted by Gasteiger charge is -2.37. The van der Waals surface area contributed by atoms with Gasteiger partial charge in [0.15, 0.2) is 0 Å². The molecule has 1 saturated heterocycles. The maximum atomic E-state index is 14.1. The maximum absolute atomic E-state index is 14.1. The van der Waals surface area contributed by atoms with Crippen LogP contribution in [0, 0.1) is 11.6 Å². The first-order valence-corrected chi connectivity index (χ1v) is 8.52. The number of benzene rings is 2. The lowest BCUT2D eigenvalue weighted by atomic mass is 10.0. The van der Waals surface area contributed by atoms with Crippen molar-refractivity contribution in [3.63, 3.8) is 0 Å². The summed E-state index contributed by atoms with van der Waals surface area (Å²) in [5, 5.41) is 0. The molecule has 0 radical (unpaired) electrons. The highest BCUT2D eigenvalue weighted by Crippen LogP contribution is 2.22. The van der Waals surface area contributed by atoms with E-state index >= 15 is 0 Å². The summed E-state index contributed by atoms with van der Waals surface area (Å²) in [6.07, 6.45) is 2.15. The van der Waals surface area contributed by atoms with Crippen molar-refractivity contribution in [1.29, 1.82) is 0 Å². The van der Waals surface area contributed by atoms with Gasteiger partial charge in [-0.3, -0.25) is 4.90 Å². The predicted molar refractivity (Wildman–Crippen MR) is 92.6 cm³/mol. The molecule has 4 heteroatoms. The standard InChI is InChI=1S/C20H24F2N2/c1-23-12-10-19(11-13-23)24(14-16-6-8-18(21)9-7-16)15-17-4-2-3-5-20(17)22/h2-9,19H,10-15H2,1H3. The third-order valence-electron chi connectivity index (χ3n) is 4.83. The molecule has 1 fully saturated rings. The topological polar surface area (TPSA) is 6.48 Å². The van der Waals surface area contributed by atoms with Crippen LogP contribution >= 0.6 is 0 Å². The van der Waals surface area contributed by atoms with Gasteiger partial charge < -0.3 is 4.90 Å². The van der Waals surface area contributed by atoms with Gasteiger partial charge in [-0.25, -0.2) is 8.78 Å². The van der Waals surface area contributed by atoms with Crippen LogP contribution in [0.5, 0.6) is 0 Å². The van der Waals surface area contributed by atoms with Crippen LogP contribution in [0.2, 0.25) is 0 Å². The van der Waals surface area contributed by atoms with Crippen molar-refractivity contribution in [3.05, 3.63) is 71.3 Å².